The van der Waals surface area contributed by atoms with Gasteiger partial charge >= 0.3 is 11.9 Å². The minimum atomic E-state index is -1.51. The molecule has 2 fully saturated rings. The van der Waals surface area contributed by atoms with Gasteiger partial charge in [0.2, 0.25) is 0 Å². The van der Waals surface area contributed by atoms with E-state index in [0.29, 0.717) is 11.1 Å². The zero-order valence-electron chi connectivity index (χ0n) is 18.1. The third-order valence-electron chi connectivity index (χ3n) is 5.38. The SMILES string of the molecule is CC1(C)O[C@H]2OC(COC(=O)c3ccccc3)(COC(=O)c3ccccc3)[C@@H](N=[N+]=[N-])[C@H]2O1. The maximum atomic E-state index is 12.6. The van der Waals surface area contributed by atoms with Crippen LogP contribution in [-0.2, 0) is 23.7 Å². The quantitative estimate of drug-likeness (QED) is 0.271. The van der Waals surface area contributed by atoms with Gasteiger partial charge in [0.25, 0.3) is 0 Å². The Morgan fingerprint density at radius 2 is 1.42 bits per heavy atom. The molecule has 0 N–H and O–H groups in total. The Morgan fingerprint density at radius 1 is 0.909 bits per heavy atom. The predicted molar refractivity (Wildman–Crippen MR) is 114 cm³/mol. The van der Waals surface area contributed by atoms with Gasteiger partial charge in [-0.2, -0.15) is 0 Å². The van der Waals surface area contributed by atoms with Crippen molar-refractivity contribution < 1.29 is 33.3 Å². The minimum absolute atomic E-state index is 0.334. The number of hydrogen-bond acceptors (Lipinski definition) is 8. The summed E-state index contributed by atoms with van der Waals surface area (Å²) < 4.78 is 28.7. The number of ether oxygens (including phenoxy) is 5. The topological polar surface area (TPSA) is 129 Å². The molecule has 4 rings (SSSR count). The summed E-state index contributed by atoms with van der Waals surface area (Å²) >= 11 is 0. The van der Waals surface area contributed by atoms with E-state index in [1.165, 1.54) is 0 Å². The Hall–Kier alpha value is -3.43. The smallest absolute Gasteiger partial charge is 0.338 e. The van der Waals surface area contributed by atoms with Crippen LogP contribution in [0, 0.1) is 0 Å². The molecule has 0 bridgehead atoms. The summed E-state index contributed by atoms with van der Waals surface area (Å²) in [6, 6.07) is 15.8. The van der Waals surface area contributed by atoms with Crippen molar-refractivity contribution in [2.45, 2.75) is 43.7 Å². The molecule has 0 aliphatic carbocycles. The molecular weight excluding hydrogens is 430 g/mol. The van der Waals surface area contributed by atoms with E-state index in [9.17, 15) is 15.1 Å². The Bertz CT molecular complexity index is 999. The van der Waals surface area contributed by atoms with Crippen molar-refractivity contribution in [1.29, 1.82) is 0 Å². The largest absolute Gasteiger partial charge is 0.459 e. The van der Waals surface area contributed by atoms with Crippen molar-refractivity contribution in [3.8, 4) is 0 Å². The van der Waals surface area contributed by atoms with Crippen LogP contribution in [0.5, 0.6) is 0 Å². The molecule has 2 heterocycles. The lowest BCUT2D eigenvalue weighted by atomic mass is 9.94. The molecule has 2 aliphatic heterocycles. The molecular formula is C23H23N3O7. The molecule has 10 heteroatoms. The van der Waals surface area contributed by atoms with Gasteiger partial charge in [-0.15, -0.1) is 0 Å². The van der Waals surface area contributed by atoms with Crippen molar-refractivity contribution in [2.75, 3.05) is 13.2 Å². The molecule has 3 atom stereocenters. The fourth-order valence-corrected chi connectivity index (χ4v) is 3.86. The molecule has 0 radical (unpaired) electrons. The average Bonchev–Trinajstić information content (AvgIpc) is 3.26. The summed E-state index contributed by atoms with van der Waals surface area (Å²) in [5.74, 6) is -2.18. The van der Waals surface area contributed by atoms with Gasteiger partial charge < -0.3 is 23.7 Å². The van der Waals surface area contributed by atoms with E-state index in [1.54, 1.807) is 74.5 Å². The molecule has 0 amide bonds. The van der Waals surface area contributed by atoms with Crippen LogP contribution in [0.1, 0.15) is 34.6 Å². The standard InChI is InChI=1S/C23H23N3O7/c1-22(2)31-17-18(25-26-24)23(33-21(17)32-22,13-29-19(27)15-9-5-3-6-10-15)14-30-20(28)16-11-7-4-8-12-16/h3-12,17-18,21H,13-14H2,1-2H3/t17-,18+,21+/m1/s1. The molecule has 33 heavy (non-hydrogen) atoms. The second-order valence-electron chi connectivity index (χ2n) is 8.19. The van der Waals surface area contributed by atoms with E-state index in [-0.39, 0.29) is 13.2 Å². The van der Waals surface area contributed by atoms with Gasteiger partial charge in [-0.3, -0.25) is 0 Å². The second-order valence-corrected chi connectivity index (χ2v) is 8.19. The van der Waals surface area contributed by atoms with Crippen LogP contribution in [-0.4, -0.2) is 55.0 Å². The number of hydrogen-bond donors (Lipinski definition) is 0. The van der Waals surface area contributed by atoms with Crippen LogP contribution >= 0.6 is 0 Å². The number of fused-ring (bicyclic) bond motifs is 1. The molecule has 0 unspecified atom stereocenters. The number of esters is 2. The predicted octanol–water partition coefficient (Wildman–Crippen LogP) is 3.63. The van der Waals surface area contributed by atoms with Crippen LogP contribution in [0.4, 0.5) is 0 Å². The van der Waals surface area contributed by atoms with Gasteiger partial charge in [-0.05, 0) is 43.6 Å². The van der Waals surface area contributed by atoms with Crippen molar-refractivity contribution in [2.24, 2.45) is 5.11 Å². The Kier molecular flexibility index (Phi) is 6.35. The van der Waals surface area contributed by atoms with E-state index in [4.69, 9.17) is 23.7 Å². The van der Waals surface area contributed by atoms with Crippen molar-refractivity contribution in [3.05, 3.63) is 82.2 Å². The van der Waals surface area contributed by atoms with Crippen LogP contribution in [0.3, 0.4) is 0 Å². The molecule has 0 aromatic heterocycles. The minimum Gasteiger partial charge on any atom is -0.459 e. The van der Waals surface area contributed by atoms with Crippen LogP contribution in [0.2, 0.25) is 0 Å². The van der Waals surface area contributed by atoms with Gasteiger partial charge in [0.1, 0.15) is 25.4 Å². The zero-order valence-corrected chi connectivity index (χ0v) is 18.1. The highest BCUT2D eigenvalue weighted by Gasteiger charge is 2.63. The summed E-state index contributed by atoms with van der Waals surface area (Å²) in [6.45, 7) is 2.70. The highest BCUT2D eigenvalue weighted by Crippen LogP contribution is 2.44. The highest BCUT2D eigenvalue weighted by atomic mass is 16.8. The molecule has 2 aliphatic rings. The lowest BCUT2D eigenvalue weighted by Gasteiger charge is -2.33. The van der Waals surface area contributed by atoms with Crippen LogP contribution in [0.25, 0.3) is 10.4 Å². The van der Waals surface area contributed by atoms with E-state index in [2.05, 4.69) is 10.0 Å². The van der Waals surface area contributed by atoms with E-state index in [0.717, 1.165) is 0 Å². The molecule has 0 spiro atoms. The molecule has 172 valence electrons. The summed E-state index contributed by atoms with van der Waals surface area (Å²) in [7, 11) is 0. The van der Waals surface area contributed by atoms with Crippen molar-refractivity contribution in [3.63, 3.8) is 0 Å². The monoisotopic (exact) mass is 453 g/mol. The van der Waals surface area contributed by atoms with Gasteiger partial charge in [-0.1, -0.05) is 41.5 Å². The molecule has 0 saturated carbocycles. The normalized spacial score (nSPS) is 24.4. The summed E-state index contributed by atoms with van der Waals surface area (Å²) in [5, 5.41) is 3.85. The van der Waals surface area contributed by atoms with Crippen LogP contribution < -0.4 is 0 Å². The third-order valence-corrected chi connectivity index (χ3v) is 5.38. The van der Waals surface area contributed by atoms with Crippen LogP contribution in [0.15, 0.2) is 65.8 Å². The molecule has 2 aromatic rings. The fourth-order valence-electron chi connectivity index (χ4n) is 3.86. The number of benzene rings is 2. The van der Waals surface area contributed by atoms with Gasteiger partial charge in [0.15, 0.2) is 17.7 Å². The van der Waals surface area contributed by atoms with E-state index >= 15 is 0 Å². The Morgan fingerprint density at radius 3 is 1.91 bits per heavy atom. The zero-order chi connectivity index (χ0) is 23.5. The maximum Gasteiger partial charge on any atom is 0.338 e. The van der Waals surface area contributed by atoms with Crippen molar-refractivity contribution in [1.82, 2.24) is 0 Å². The second kappa shape index (κ2) is 9.21. The van der Waals surface area contributed by atoms with Crippen molar-refractivity contribution >= 4 is 11.9 Å². The lowest BCUT2D eigenvalue weighted by Crippen LogP contribution is -2.51. The fraction of sp³-hybridized carbons (Fsp3) is 0.391. The average molecular weight is 453 g/mol. The van der Waals surface area contributed by atoms with Gasteiger partial charge in [-0.25, -0.2) is 9.59 Å². The number of rotatable bonds is 7. The van der Waals surface area contributed by atoms with E-state index < -0.39 is 41.8 Å². The number of nitrogens with zero attached hydrogens (tertiary/aromatic N) is 3. The first-order valence-electron chi connectivity index (χ1n) is 10.4. The summed E-state index contributed by atoms with van der Waals surface area (Å²) in [4.78, 5) is 28.1. The third kappa shape index (κ3) is 4.84. The number of carbonyl (C=O) groups excluding carboxylic acids is 2. The van der Waals surface area contributed by atoms with E-state index in [1.807, 2.05) is 0 Å². The van der Waals surface area contributed by atoms with Gasteiger partial charge in [0.05, 0.1) is 11.1 Å². The molecule has 2 saturated heterocycles. The molecule has 2 aromatic carbocycles. The first-order valence-corrected chi connectivity index (χ1v) is 10.4. The first-order chi connectivity index (χ1) is 15.8. The van der Waals surface area contributed by atoms with Gasteiger partial charge in [0, 0.05) is 4.91 Å². The molecule has 10 nitrogen and oxygen atoms in total. The maximum absolute atomic E-state index is 12.6. The highest BCUT2D eigenvalue weighted by molar-refractivity contribution is 5.90. The number of carbonyl (C=O) groups is 2. The Balaban J connectivity index is 1.58. The number of azide groups is 1. The Labute approximate surface area is 190 Å². The summed E-state index contributed by atoms with van der Waals surface area (Å²) in [6.07, 6.45) is -1.68. The lowest BCUT2D eigenvalue weighted by molar-refractivity contribution is -0.239. The first kappa shape index (κ1) is 22.8. The summed E-state index contributed by atoms with van der Waals surface area (Å²) in [5.41, 5.74) is 8.37.